The van der Waals surface area contributed by atoms with Crippen molar-refractivity contribution in [1.82, 2.24) is 9.62 Å². The van der Waals surface area contributed by atoms with Crippen LogP contribution in [-0.4, -0.2) is 43.5 Å². The minimum absolute atomic E-state index is 0.172. The van der Waals surface area contributed by atoms with Crippen LogP contribution >= 0.6 is 0 Å². The Morgan fingerprint density at radius 2 is 2.08 bits per heavy atom. The third-order valence-corrected chi connectivity index (χ3v) is 6.62. The lowest BCUT2D eigenvalue weighted by Gasteiger charge is -2.31. The summed E-state index contributed by atoms with van der Waals surface area (Å²) >= 11 is 0. The molecule has 1 aliphatic carbocycles. The molecule has 6 nitrogen and oxygen atoms in total. The van der Waals surface area contributed by atoms with Crippen molar-refractivity contribution in [2.75, 3.05) is 13.1 Å². The van der Waals surface area contributed by atoms with E-state index in [1.54, 1.807) is 19.1 Å². The monoisotopic (exact) mass is 366 g/mol. The fourth-order valence-corrected chi connectivity index (χ4v) is 4.24. The molecule has 1 saturated carbocycles. The van der Waals surface area contributed by atoms with Crippen LogP contribution in [0.5, 0.6) is 0 Å². The number of nitrogens with one attached hydrogen (secondary N) is 1. The van der Waals surface area contributed by atoms with Gasteiger partial charge in [-0.2, -0.15) is 0 Å². The summed E-state index contributed by atoms with van der Waals surface area (Å²) in [6.45, 7) is 5.04. The second kappa shape index (κ2) is 6.70. The van der Waals surface area contributed by atoms with E-state index in [1.807, 2.05) is 17.9 Å². The predicted octanol–water partition coefficient (Wildman–Crippen LogP) is 1.42. The molecule has 7 heteroatoms. The Morgan fingerprint density at radius 3 is 2.72 bits per heavy atom. The Balaban J connectivity index is 1.70. The quantitative estimate of drug-likeness (QED) is 0.797. The molecule has 2 aliphatic rings. The van der Waals surface area contributed by atoms with Gasteiger partial charge in [0, 0.05) is 25.0 Å². The van der Waals surface area contributed by atoms with Gasteiger partial charge in [0.15, 0.2) is 0 Å². The van der Waals surface area contributed by atoms with Gasteiger partial charge >= 0.3 is 0 Å². The zero-order valence-corrected chi connectivity index (χ0v) is 15.6. The molecule has 0 saturated heterocycles. The van der Waals surface area contributed by atoms with E-state index in [0.29, 0.717) is 25.9 Å². The first-order chi connectivity index (χ1) is 11.7. The molecule has 1 heterocycles. The summed E-state index contributed by atoms with van der Waals surface area (Å²) in [4.78, 5) is 14.6. The summed E-state index contributed by atoms with van der Waals surface area (Å²) in [7, 11) is -3.57. The third-order valence-electron chi connectivity index (χ3n) is 5.16. The van der Waals surface area contributed by atoms with Gasteiger partial charge in [-0.05, 0) is 55.9 Å². The Hall–Kier alpha value is -1.44. The van der Waals surface area contributed by atoms with Crippen molar-refractivity contribution in [3.63, 3.8) is 0 Å². The van der Waals surface area contributed by atoms with Gasteiger partial charge < -0.3 is 10.0 Å². The zero-order chi connectivity index (χ0) is 18.2. The zero-order valence-electron chi connectivity index (χ0n) is 14.8. The van der Waals surface area contributed by atoms with Gasteiger partial charge in [0.2, 0.25) is 15.9 Å². The number of sulfonamides is 1. The molecular weight excluding hydrogens is 340 g/mol. The van der Waals surface area contributed by atoms with Crippen molar-refractivity contribution in [3.8, 4) is 0 Å². The van der Waals surface area contributed by atoms with E-state index < -0.39 is 16.1 Å². The second-order valence-corrected chi connectivity index (χ2v) is 9.27. The molecule has 3 rings (SSSR count). The van der Waals surface area contributed by atoms with Gasteiger partial charge in [-0.3, -0.25) is 4.79 Å². The average Bonchev–Trinajstić information content (AvgIpc) is 3.31. The maximum atomic E-state index is 12.5. The lowest BCUT2D eigenvalue weighted by molar-refractivity contribution is -0.137. The van der Waals surface area contributed by atoms with Crippen LogP contribution in [0.15, 0.2) is 23.1 Å². The molecule has 0 unspecified atom stereocenters. The summed E-state index contributed by atoms with van der Waals surface area (Å²) in [6.07, 6.45) is 2.44. The fourth-order valence-electron chi connectivity index (χ4n) is 3.14. The Kier molecular flexibility index (Phi) is 4.92. The smallest absolute Gasteiger partial charge is 0.240 e. The normalized spacial score (nSPS) is 20.0. The molecule has 0 bridgehead atoms. The SMILES string of the molecule is C[C@@H](O)CCNS(=O)(=O)c1ccc2c(c1)CCN(C(=O)C1(C)CC1)C2. The number of benzene rings is 1. The minimum atomic E-state index is -3.57. The van der Waals surface area contributed by atoms with Crippen LogP contribution in [0, 0.1) is 5.41 Å². The van der Waals surface area contributed by atoms with E-state index in [1.165, 1.54) is 0 Å². The number of rotatable bonds is 6. The van der Waals surface area contributed by atoms with Crippen molar-refractivity contribution < 1.29 is 18.3 Å². The summed E-state index contributed by atoms with van der Waals surface area (Å²) in [5.41, 5.74) is 1.84. The van der Waals surface area contributed by atoms with Gasteiger partial charge in [-0.25, -0.2) is 13.1 Å². The molecule has 1 aromatic rings. The average molecular weight is 366 g/mol. The summed E-state index contributed by atoms with van der Waals surface area (Å²) in [5, 5.41) is 9.24. The molecular formula is C18H26N2O4S. The highest BCUT2D eigenvalue weighted by Gasteiger charge is 2.47. The molecule has 0 radical (unpaired) electrons. The van der Waals surface area contributed by atoms with E-state index in [4.69, 9.17) is 0 Å². The highest BCUT2D eigenvalue weighted by molar-refractivity contribution is 7.89. The molecule has 1 fully saturated rings. The van der Waals surface area contributed by atoms with Crippen LogP contribution in [0.1, 0.15) is 44.2 Å². The summed E-state index contributed by atoms with van der Waals surface area (Å²) in [6, 6.07) is 5.12. The number of carbonyl (C=O) groups is 1. The van der Waals surface area contributed by atoms with Gasteiger partial charge in [-0.1, -0.05) is 13.0 Å². The van der Waals surface area contributed by atoms with E-state index in [9.17, 15) is 18.3 Å². The standard InChI is InChI=1S/C18H26N2O4S/c1-13(21)5-9-19-25(23,24)16-4-3-15-12-20(10-6-14(15)11-16)17(22)18(2)7-8-18/h3-4,11,13,19,21H,5-10,12H2,1-2H3/t13-/m1/s1. The molecule has 0 aromatic heterocycles. The van der Waals surface area contributed by atoms with Gasteiger partial charge in [0.05, 0.1) is 11.0 Å². The van der Waals surface area contributed by atoms with Gasteiger partial charge in [0.25, 0.3) is 0 Å². The lowest BCUT2D eigenvalue weighted by atomic mass is 9.98. The lowest BCUT2D eigenvalue weighted by Crippen LogP contribution is -2.39. The number of nitrogens with zero attached hydrogens (tertiary/aromatic N) is 1. The highest BCUT2D eigenvalue weighted by atomic mass is 32.2. The van der Waals surface area contributed by atoms with Crippen LogP contribution in [0.4, 0.5) is 0 Å². The number of hydrogen-bond acceptors (Lipinski definition) is 4. The fraction of sp³-hybridized carbons (Fsp3) is 0.611. The molecule has 1 atom stereocenters. The highest BCUT2D eigenvalue weighted by Crippen LogP contribution is 2.47. The van der Waals surface area contributed by atoms with Crippen molar-refractivity contribution in [3.05, 3.63) is 29.3 Å². The number of fused-ring (bicyclic) bond motifs is 1. The molecule has 138 valence electrons. The molecule has 1 aliphatic heterocycles. The van der Waals surface area contributed by atoms with Crippen molar-refractivity contribution in [2.45, 2.75) is 57.1 Å². The number of aliphatic hydroxyl groups excluding tert-OH is 1. The number of aliphatic hydroxyl groups is 1. The Bertz CT molecular complexity index is 769. The number of carbonyl (C=O) groups excluding carboxylic acids is 1. The van der Waals surface area contributed by atoms with Crippen LogP contribution in [0.25, 0.3) is 0 Å². The van der Waals surface area contributed by atoms with Crippen LogP contribution in [0.2, 0.25) is 0 Å². The topological polar surface area (TPSA) is 86.7 Å². The van der Waals surface area contributed by atoms with E-state index in [0.717, 1.165) is 24.0 Å². The Morgan fingerprint density at radius 1 is 1.36 bits per heavy atom. The third kappa shape index (κ3) is 4.04. The predicted molar refractivity (Wildman–Crippen MR) is 94.4 cm³/mol. The van der Waals surface area contributed by atoms with E-state index >= 15 is 0 Å². The van der Waals surface area contributed by atoms with E-state index in [-0.39, 0.29) is 22.8 Å². The molecule has 2 N–H and O–H groups in total. The summed E-state index contributed by atoms with van der Waals surface area (Å²) in [5.74, 6) is 0.217. The van der Waals surface area contributed by atoms with Crippen molar-refractivity contribution >= 4 is 15.9 Å². The van der Waals surface area contributed by atoms with Crippen LogP contribution in [0.3, 0.4) is 0 Å². The van der Waals surface area contributed by atoms with Crippen LogP contribution in [-0.2, 0) is 27.8 Å². The van der Waals surface area contributed by atoms with Gasteiger partial charge in [0.1, 0.15) is 0 Å². The van der Waals surface area contributed by atoms with E-state index in [2.05, 4.69) is 4.72 Å². The van der Waals surface area contributed by atoms with Gasteiger partial charge in [-0.15, -0.1) is 0 Å². The van der Waals surface area contributed by atoms with Crippen molar-refractivity contribution in [1.29, 1.82) is 0 Å². The molecule has 0 spiro atoms. The molecule has 1 aromatic carbocycles. The van der Waals surface area contributed by atoms with Crippen LogP contribution < -0.4 is 4.72 Å². The number of amides is 1. The largest absolute Gasteiger partial charge is 0.393 e. The first kappa shape index (κ1) is 18.4. The molecule has 1 amide bonds. The Labute approximate surface area is 149 Å². The minimum Gasteiger partial charge on any atom is -0.393 e. The first-order valence-electron chi connectivity index (χ1n) is 8.80. The maximum absolute atomic E-state index is 12.5. The summed E-state index contributed by atoms with van der Waals surface area (Å²) < 4.78 is 27.2. The first-order valence-corrected chi connectivity index (χ1v) is 10.3. The number of hydrogen-bond donors (Lipinski definition) is 2. The van der Waals surface area contributed by atoms with Crippen molar-refractivity contribution in [2.24, 2.45) is 5.41 Å². The second-order valence-electron chi connectivity index (χ2n) is 7.50. The maximum Gasteiger partial charge on any atom is 0.240 e. The molecule has 25 heavy (non-hydrogen) atoms.